The Morgan fingerprint density at radius 2 is 0.935 bits per heavy atom. The number of benzene rings is 2. The molecule has 4 atom stereocenters. The lowest BCUT2D eigenvalue weighted by atomic mass is 9.81. The van der Waals surface area contributed by atoms with Gasteiger partial charge in [0.2, 0.25) is 0 Å². The van der Waals surface area contributed by atoms with E-state index in [2.05, 4.69) is 13.8 Å². The van der Waals surface area contributed by atoms with Gasteiger partial charge in [-0.25, -0.2) is 0 Å². The Morgan fingerprint density at radius 3 is 1.39 bits per heavy atom. The first-order chi connectivity index (χ1) is 14.9. The van der Waals surface area contributed by atoms with Crippen molar-refractivity contribution in [3.8, 4) is 34.5 Å². The minimum atomic E-state index is -0.201. The summed E-state index contributed by atoms with van der Waals surface area (Å²) in [6.45, 7) is 4.25. The molecular formula is C24H32O7. The molecule has 0 amide bonds. The summed E-state index contributed by atoms with van der Waals surface area (Å²) in [5.74, 6) is 4.15. The molecule has 7 heteroatoms. The minimum absolute atomic E-state index is 0.0650. The highest BCUT2D eigenvalue weighted by molar-refractivity contribution is 5.54. The molecule has 1 heterocycles. The van der Waals surface area contributed by atoms with Crippen LogP contribution in [0.4, 0.5) is 0 Å². The van der Waals surface area contributed by atoms with Crippen LogP contribution in [0.1, 0.15) is 37.0 Å². The molecule has 0 spiro atoms. The molecule has 170 valence electrons. The highest BCUT2D eigenvalue weighted by Gasteiger charge is 2.44. The maximum absolute atomic E-state index is 6.47. The van der Waals surface area contributed by atoms with Crippen LogP contribution in [0, 0.1) is 5.92 Å². The molecule has 1 aliphatic rings. The van der Waals surface area contributed by atoms with Crippen LogP contribution in [0.2, 0.25) is 0 Å². The smallest absolute Gasteiger partial charge is 0.164 e. The number of ether oxygens (including phenoxy) is 7. The first-order valence-corrected chi connectivity index (χ1v) is 10.2. The van der Waals surface area contributed by atoms with E-state index in [4.69, 9.17) is 33.2 Å². The zero-order valence-electron chi connectivity index (χ0n) is 19.5. The maximum Gasteiger partial charge on any atom is 0.164 e. The first-order valence-electron chi connectivity index (χ1n) is 10.2. The first kappa shape index (κ1) is 22.9. The second kappa shape index (κ2) is 9.56. The third kappa shape index (κ3) is 4.06. The van der Waals surface area contributed by atoms with Gasteiger partial charge in [-0.05, 0) is 25.0 Å². The fourth-order valence-electron chi connectivity index (χ4n) is 4.54. The van der Waals surface area contributed by atoms with Crippen molar-refractivity contribution in [1.29, 1.82) is 0 Å². The van der Waals surface area contributed by atoms with Crippen molar-refractivity contribution in [1.82, 2.24) is 0 Å². The fourth-order valence-corrected chi connectivity index (χ4v) is 4.54. The fraction of sp³-hybridized carbons (Fsp3) is 0.500. The van der Waals surface area contributed by atoms with Crippen LogP contribution in [0.25, 0.3) is 0 Å². The molecule has 7 nitrogen and oxygen atoms in total. The van der Waals surface area contributed by atoms with Crippen LogP contribution in [0.3, 0.4) is 0 Å². The zero-order chi connectivity index (χ0) is 22.7. The lowest BCUT2D eigenvalue weighted by Gasteiger charge is -2.24. The van der Waals surface area contributed by atoms with Crippen molar-refractivity contribution in [3.05, 3.63) is 35.4 Å². The molecule has 3 rings (SSSR count). The lowest BCUT2D eigenvalue weighted by Crippen LogP contribution is -2.16. The molecule has 31 heavy (non-hydrogen) atoms. The molecule has 2 aromatic rings. The van der Waals surface area contributed by atoms with Crippen LogP contribution in [0.15, 0.2) is 24.3 Å². The van der Waals surface area contributed by atoms with Crippen LogP contribution >= 0.6 is 0 Å². The Labute approximate surface area is 184 Å². The molecule has 0 aliphatic carbocycles. The highest BCUT2D eigenvalue weighted by Crippen LogP contribution is 2.53. The summed E-state index contributed by atoms with van der Waals surface area (Å²) in [6.07, 6.45) is -0.266. The summed E-state index contributed by atoms with van der Waals surface area (Å²) in [7, 11) is 9.76. The van der Waals surface area contributed by atoms with E-state index in [0.29, 0.717) is 28.7 Å². The van der Waals surface area contributed by atoms with Crippen molar-refractivity contribution in [2.45, 2.75) is 32.0 Å². The average Bonchev–Trinajstić information content (AvgIpc) is 3.10. The maximum atomic E-state index is 6.47. The van der Waals surface area contributed by atoms with E-state index in [-0.39, 0.29) is 24.0 Å². The van der Waals surface area contributed by atoms with Gasteiger partial charge in [-0.3, -0.25) is 0 Å². The third-order valence-electron chi connectivity index (χ3n) is 6.05. The zero-order valence-corrected chi connectivity index (χ0v) is 19.5. The predicted molar refractivity (Wildman–Crippen MR) is 117 cm³/mol. The SMILES string of the molecule is COc1cc(OC)c([C@H]2[C@H](C)[C@H](c3cc(OC)c(OC)cc3OC)O[C@@H]2C)cc1OC. The second-order valence-electron chi connectivity index (χ2n) is 7.54. The van der Waals surface area contributed by atoms with Crippen LogP contribution in [0.5, 0.6) is 34.5 Å². The van der Waals surface area contributed by atoms with Crippen LogP contribution < -0.4 is 28.4 Å². The van der Waals surface area contributed by atoms with Gasteiger partial charge < -0.3 is 33.2 Å². The molecule has 1 fully saturated rings. The number of methoxy groups -OCH3 is 6. The van der Waals surface area contributed by atoms with E-state index in [0.717, 1.165) is 16.9 Å². The Bertz CT molecular complexity index is 911. The number of hydrogen-bond acceptors (Lipinski definition) is 7. The molecule has 0 aromatic heterocycles. The Hall–Kier alpha value is -2.80. The van der Waals surface area contributed by atoms with Gasteiger partial charge in [-0.2, -0.15) is 0 Å². The Kier molecular flexibility index (Phi) is 7.05. The average molecular weight is 433 g/mol. The van der Waals surface area contributed by atoms with Gasteiger partial charge in [0.15, 0.2) is 23.0 Å². The quantitative estimate of drug-likeness (QED) is 0.603. The monoisotopic (exact) mass is 432 g/mol. The molecular weight excluding hydrogens is 400 g/mol. The van der Waals surface area contributed by atoms with Gasteiger partial charge in [0.1, 0.15) is 11.5 Å². The van der Waals surface area contributed by atoms with Gasteiger partial charge >= 0.3 is 0 Å². The highest BCUT2D eigenvalue weighted by atomic mass is 16.5. The molecule has 1 saturated heterocycles. The van der Waals surface area contributed by atoms with Crippen LogP contribution in [-0.4, -0.2) is 48.8 Å². The van der Waals surface area contributed by atoms with Crippen LogP contribution in [-0.2, 0) is 4.74 Å². The Balaban J connectivity index is 2.06. The van der Waals surface area contributed by atoms with Gasteiger partial charge in [-0.1, -0.05) is 6.92 Å². The minimum Gasteiger partial charge on any atom is -0.496 e. The second-order valence-corrected chi connectivity index (χ2v) is 7.54. The van der Waals surface area contributed by atoms with E-state index in [1.54, 1.807) is 42.7 Å². The molecule has 0 radical (unpaired) electrons. The van der Waals surface area contributed by atoms with Crippen molar-refractivity contribution in [2.24, 2.45) is 5.92 Å². The molecule has 0 bridgehead atoms. The van der Waals surface area contributed by atoms with Gasteiger partial charge in [-0.15, -0.1) is 0 Å². The molecule has 2 aromatic carbocycles. The summed E-state index contributed by atoms with van der Waals surface area (Å²) in [5, 5.41) is 0. The normalized spacial score (nSPS) is 22.7. The van der Waals surface area contributed by atoms with Crippen molar-refractivity contribution < 1.29 is 33.2 Å². The summed E-state index contributed by atoms with van der Waals surface area (Å²) < 4.78 is 39.7. The summed E-state index contributed by atoms with van der Waals surface area (Å²) in [4.78, 5) is 0. The van der Waals surface area contributed by atoms with E-state index < -0.39 is 0 Å². The van der Waals surface area contributed by atoms with E-state index in [1.165, 1.54) is 0 Å². The molecule has 0 saturated carbocycles. The third-order valence-corrected chi connectivity index (χ3v) is 6.05. The summed E-state index contributed by atoms with van der Waals surface area (Å²) >= 11 is 0. The summed E-state index contributed by atoms with van der Waals surface area (Å²) in [6, 6.07) is 7.60. The van der Waals surface area contributed by atoms with Gasteiger partial charge in [0.25, 0.3) is 0 Å². The molecule has 1 aliphatic heterocycles. The largest absolute Gasteiger partial charge is 0.496 e. The lowest BCUT2D eigenvalue weighted by molar-refractivity contribution is 0.0415. The van der Waals surface area contributed by atoms with E-state index >= 15 is 0 Å². The molecule has 0 N–H and O–H groups in total. The van der Waals surface area contributed by atoms with E-state index in [1.807, 2.05) is 24.3 Å². The van der Waals surface area contributed by atoms with Crippen molar-refractivity contribution in [2.75, 3.05) is 42.7 Å². The van der Waals surface area contributed by atoms with Gasteiger partial charge in [0, 0.05) is 29.2 Å². The standard InChI is InChI=1S/C24H32O7/c1-13-23(15-9-19(27-5)21(29-7)11-17(15)25-3)14(2)31-24(13)16-10-20(28-6)22(30-8)12-18(16)26-4/h9-14,23-24H,1-8H3/t13-,14+,23-,24+/m0/s1. The van der Waals surface area contributed by atoms with Gasteiger partial charge in [0.05, 0.1) is 54.9 Å². The predicted octanol–water partition coefficient (Wildman–Crippen LogP) is 4.62. The van der Waals surface area contributed by atoms with E-state index in [9.17, 15) is 0 Å². The Morgan fingerprint density at radius 1 is 0.548 bits per heavy atom. The van der Waals surface area contributed by atoms with Crippen molar-refractivity contribution >= 4 is 0 Å². The van der Waals surface area contributed by atoms with Crippen molar-refractivity contribution in [3.63, 3.8) is 0 Å². The molecule has 0 unspecified atom stereocenters. The number of hydrogen-bond donors (Lipinski definition) is 0. The summed E-state index contributed by atoms with van der Waals surface area (Å²) in [5.41, 5.74) is 1.93. The topological polar surface area (TPSA) is 64.6 Å². The number of rotatable bonds is 8.